The number of amides is 2. The molecule has 1 saturated heterocycles. The maximum atomic E-state index is 11.2. The Bertz CT molecular complexity index is 280. The van der Waals surface area contributed by atoms with Gasteiger partial charge in [0.2, 0.25) is 5.91 Å². The highest BCUT2D eigenvalue weighted by Gasteiger charge is 2.16. The van der Waals surface area contributed by atoms with Crippen LogP contribution in [0.3, 0.4) is 0 Å². The van der Waals surface area contributed by atoms with E-state index >= 15 is 0 Å². The molecule has 0 saturated carbocycles. The molecule has 1 fully saturated rings. The smallest absolute Gasteiger partial charge is 0.299 e. The van der Waals surface area contributed by atoms with Gasteiger partial charge in [-0.25, -0.2) is 0 Å². The van der Waals surface area contributed by atoms with Crippen LogP contribution < -0.4 is 5.32 Å². The second kappa shape index (κ2) is 4.87. The number of rotatable bonds is 0. The van der Waals surface area contributed by atoms with E-state index in [-0.39, 0.29) is 11.8 Å². The van der Waals surface area contributed by atoms with Crippen LogP contribution in [0, 0.1) is 10.8 Å². The summed E-state index contributed by atoms with van der Waals surface area (Å²) in [6, 6.07) is 0. The minimum absolute atomic E-state index is 0.0119. The molecule has 0 atom stereocenters. The van der Waals surface area contributed by atoms with Gasteiger partial charge in [-0.2, -0.15) is 0 Å². The second-order valence-corrected chi connectivity index (χ2v) is 3.01. The van der Waals surface area contributed by atoms with Gasteiger partial charge in [0.05, 0.1) is 0 Å². The summed E-state index contributed by atoms with van der Waals surface area (Å²) in [6.45, 7) is 1.49. The van der Waals surface area contributed by atoms with Crippen LogP contribution in [0.15, 0.2) is 0 Å². The normalized spacial score (nSPS) is 16.7. The fourth-order valence-corrected chi connectivity index (χ4v) is 1.26. The number of halogens is 1. The molecule has 0 aromatic carbocycles. The van der Waals surface area contributed by atoms with Crippen LogP contribution in [0.25, 0.3) is 0 Å². The Morgan fingerprint density at radius 2 is 2.31 bits per heavy atom. The quantitative estimate of drug-likeness (QED) is 0.595. The number of hydrogen-bond acceptors (Lipinski definition) is 2. The fraction of sp³-hybridized carbons (Fsp3) is 0.500. The Kier molecular flexibility index (Phi) is 3.77. The first-order chi connectivity index (χ1) is 6.24. The van der Waals surface area contributed by atoms with E-state index in [1.54, 1.807) is 4.90 Å². The SMILES string of the molecule is O=C1CCN(C(=O)C#CBr)CCN1. The number of carbonyl (C=O) groups is 2. The zero-order valence-corrected chi connectivity index (χ0v) is 8.56. The average Bonchev–Trinajstić information content (AvgIpc) is 2.30. The van der Waals surface area contributed by atoms with Crippen LogP contribution in [-0.4, -0.2) is 36.3 Å². The second-order valence-electron chi connectivity index (χ2n) is 2.61. The van der Waals surface area contributed by atoms with Crippen LogP contribution in [-0.2, 0) is 9.59 Å². The molecule has 1 N–H and O–H groups in total. The third-order valence-electron chi connectivity index (χ3n) is 1.75. The van der Waals surface area contributed by atoms with Crippen molar-refractivity contribution in [1.29, 1.82) is 0 Å². The monoisotopic (exact) mass is 244 g/mol. The molecule has 2 amide bonds. The zero-order chi connectivity index (χ0) is 9.68. The molecule has 1 aliphatic rings. The molecule has 0 aliphatic carbocycles. The van der Waals surface area contributed by atoms with Gasteiger partial charge in [-0.15, -0.1) is 0 Å². The van der Waals surface area contributed by atoms with Gasteiger partial charge in [0.1, 0.15) is 0 Å². The van der Waals surface area contributed by atoms with Crippen molar-refractivity contribution in [3.8, 4) is 10.8 Å². The van der Waals surface area contributed by atoms with Gasteiger partial charge in [-0.3, -0.25) is 9.59 Å². The predicted molar refractivity (Wildman–Crippen MR) is 50.9 cm³/mol. The van der Waals surface area contributed by atoms with Crippen LogP contribution in [0.2, 0.25) is 0 Å². The topological polar surface area (TPSA) is 49.4 Å². The van der Waals surface area contributed by atoms with Gasteiger partial charge < -0.3 is 10.2 Å². The molecule has 0 spiro atoms. The van der Waals surface area contributed by atoms with E-state index in [9.17, 15) is 9.59 Å². The zero-order valence-electron chi connectivity index (χ0n) is 6.97. The Morgan fingerprint density at radius 3 is 3.00 bits per heavy atom. The lowest BCUT2D eigenvalue weighted by atomic mass is 10.4. The molecule has 0 radical (unpaired) electrons. The standard InChI is InChI=1S/C8H9BrN2O2/c9-3-1-8(13)11-5-2-7(12)10-4-6-11/h2,4-6H2,(H,10,12). The van der Waals surface area contributed by atoms with Crippen LogP contribution in [0.4, 0.5) is 0 Å². The van der Waals surface area contributed by atoms with Crippen molar-refractivity contribution in [3.63, 3.8) is 0 Å². The summed E-state index contributed by atoms with van der Waals surface area (Å²) in [6.07, 6.45) is 0.357. The van der Waals surface area contributed by atoms with Crippen LogP contribution >= 0.6 is 15.9 Å². The van der Waals surface area contributed by atoms with Crippen molar-refractivity contribution in [2.45, 2.75) is 6.42 Å². The minimum atomic E-state index is -0.242. The molecule has 0 aromatic rings. The van der Waals surface area contributed by atoms with Crippen molar-refractivity contribution in [1.82, 2.24) is 10.2 Å². The Hall–Kier alpha value is -1.02. The molecular weight excluding hydrogens is 236 g/mol. The summed E-state index contributed by atoms with van der Waals surface area (Å²) in [4.78, 5) is 26.1. The molecule has 1 heterocycles. The van der Waals surface area contributed by atoms with Gasteiger partial charge in [0.25, 0.3) is 5.91 Å². The highest BCUT2D eigenvalue weighted by molar-refractivity contribution is 9.12. The number of nitrogens with zero attached hydrogens (tertiary/aromatic N) is 1. The van der Waals surface area contributed by atoms with Crippen molar-refractivity contribution in [2.75, 3.05) is 19.6 Å². The fourth-order valence-electron chi connectivity index (χ4n) is 1.09. The summed E-state index contributed by atoms with van der Waals surface area (Å²) in [7, 11) is 0. The van der Waals surface area contributed by atoms with Crippen LogP contribution in [0.1, 0.15) is 6.42 Å². The van der Waals surface area contributed by atoms with E-state index in [4.69, 9.17) is 0 Å². The molecule has 1 aliphatic heterocycles. The largest absolute Gasteiger partial charge is 0.354 e. The predicted octanol–water partition coefficient (Wildman–Crippen LogP) is -0.309. The maximum Gasteiger partial charge on any atom is 0.299 e. The molecule has 70 valence electrons. The molecule has 0 aromatic heterocycles. The summed E-state index contributed by atoms with van der Waals surface area (Å²) in [5.41, 5.74) is 0. The molecule has 1 rings (SSSR count). The van der Waals surface area contributed by atoms with E-state index in [0.29, 0.717) is 26.1 Å². The lowest BCUT2D eigenvalue weighted by molar-refractivity contribution is -0.125. The number of carbonyl (C=O) groups excluding carboxylic acids is 2. The first kappa shape index (κ1) is 10.1. The molecule has 0 bridgehead atoms. The highest BCUT2D eigenvalue weighted by atomic mass is 79.9. The van der Waals surface area contributed by atoms with E-state index < -0.39 is 0 Å². The Morgan fingerprint density at radius 1 is 1.54 bits per heavy atom. The lowest BCUT2D eigenvalue weighted by Gasteiger charge is -2.15. The summed E-state index contributed by atoms with van der Waals surface area (Å²) in [5, 5.41) is 2.68. The van der Waals surface area contributed by atoms with E-state index in [2.05, 4.69) is 32.0 Å². The summed E-state index contributed by atoms with van der Waals surface area (Å²) >= 11 is 2.86. The maximum absolute atomic E-state index is 11.2. The summed E-state index contributed by atoms with van der Waals surface area (Å²) in [5.74, 6) is 2.12. The van der Waals surface area contributed by atoms with Crippen molar-refractivity contribution in [3.05, 3.63) is 0 Å². The summed E-state index contributed by atoms with van der Waals surface area (Å²) < 4.78 is 0. The molecule has 4 nitrogen and oxygen atoms in total. The van der Waals surface area contributed by atoms with Gasteiger partial charge in [-0.1, -0.05) is 0 Å². The minimum Gasteiger partial charge on any atom is -0.354 e. The molecule has 5 heteroatoms. The Labute approximate surface area is 84.8 Å². The van der Waals surface area contributed by atoms with Crippen molar-refractivity contribution < 1.29 is 9.59 Å². The molecule has 13 heavy (non-hydrogen) atoms. The first-order valence-electron chi connectivity index (χ1n) is 3.91. The first-order valence-corrected chi connectivity index (χ1v) is 4.70. The molecule has 0 unspecified atom stereocenters. The van der Waals surface area contributed by atoms with Gasteiger partial charge in [0.15, 0.2) is 0 Å². The number of hydrogen-bond donors (Lipinski definition) is 1. The average molecular weight is 245 g/mol. The van der Waals surface area contributed by atoms with Gasteiger partial charge >= 0.3 is 0 Å². The third kappa shape index (κ3) is 3.07. The van der Waals surface area contributed by atoms with Gasteiger partial charge in [0, 0.05) is 47.9 Å². The third-order valence-corrected chi connectivity index (χ3v) is 1.95. The van der Waals surface area contributed by atoms with Crippen LogP contribution in [0.5, 0.6) is 0 Å². The Balaban J connectivity index is 2.54. The van der Waals surface area contributed by atoms with E-state index in [1.165, 1.54) is 0 Å². The van der Waals surface area contributed by atoms with E-state index in [0.717, 1.165) is 0 Å². The van der Waals surface area contributed by atoms with Crippen molar-refractivity contribution >= 4 is 27.7 Å². The van der Waals surface area contributed by atoms with Gasteiger partial charge in [-0.05, 0) is 4.83 Å². The van der Waals surface area contributed by atoms with E-state index in [1.807, 2.05) is 0 Å². The molecular formula is C8H9BrN2O2. The highest BCUT2D eigenvalue weighted by Crippen LogP contribution is 1.96. The van der Waals surface area contributed by atoms with Crippen molar-refractivity contribution in [2.24, 2.45) is 0 Å². The number of nitrogens with one attached hydrogen (secondary N) is 1. The lowest BCUT2D eigenvalue weighted by Crippen LogP contribution is -2.33.